The zero-order valence-corrected chi connectivity index (χ0v) is 13.6. The van der Waals surface area contributed by atoms with E-state index in [0.29, 0.717) is 24.4 Å². The van der Waals surface area contributed by atoms with Gasteiger partial charge in [0.15, 0.2) is 0 Å². The van der Waals surface area contributed by atoms with Crippen LogP contribution in [0.1, 0.15) is 51.4 Å². The third-order valence-electron chi connectivity index (χ3n) is 5.94. The Morgan fingerprint density at radius 1 is 0.591 bits per heavy atom. The molecule has 0 aromatic rings. The molecular weight excluding hydrogens is 280 g/mol. The van der Waals surface area contributed by atoms with Crippen LogP contribution in [0.5, 0.6) is 0 Å². The van der Waals surface area contributed by atoms with Crippen molar-refractivity contribution in [3.63, 3.8) is 0 Å². The van der Waals surface area contributed by atoms with Gasteiger partial charge in [-0.2, -0.15) is 0 Å². The molecule has 2 atom stereocenters. The maximum atomic E-state index is 5.96. The van der Waals surface area contributed by atoms with Crippen molar-refractivity contribution >= 4 is 0 Å². The Morgan fingerprint density at radius 3 is 1.27 bits per heavy atom. The molecule has 4 rings (SSSR count). The molecular formula is C18H30O4. The van der Waals surface area contributed by atoms with Gasteiger partial charge in [-0.3, -0.25) is 0 Å². The first-order chi connectivity index (χ1) is 10.9. The van der Waals surface area contributed by atoms with E-state index in [2.05, 4.69) is 0 Å². The summed E-state index contributed by atoms with van der Waals surface area (Å²) in [6, 6.07) is 0. The molecule has 2 aliphatic carbocycles. The van der Waals surface area contributed by atoms with Crippen LogP contribution in [0.2, 0.25) is 0 Å². The molecule has 2 saturated heterocycles. The normalized spacial score (nSPS) is 44.7. The molecule has 0 aromatic carbocycles. The summed E-state index contributed by atoms with van der Waals surface area (Å²) in [6.07, 6.45) is 12.3. The Bertz CT molecular complexity index is 303. The Balaban J connectivity index is 1.12. The fourth-order valence-corrected chi connectivity index (χ4v) is 4.27. The maximum absolute atomic E-state index is 5.96. The van der Waals surface area contributed by atoms with Crippen LogP contribution in [0.15, 0.2) is 0 Å². The minimum Gasteiger partial charge on any atom is -0.375 e. The monoisotopic (exact) mass is 310 g/mol. The van der Waals surface area contributed by atoms with E-state index >= 15 is 0 Å². The Labute approximate surface area is 133 Å². The lowest BCUT2D eigenvalue weighted by Crippen LogP contribution is -2.31. The molecule has 4 fully saturated rings. The number of ether oxygens (including phenoxy) is 4. The van der Waals surface area contributed by atoms with Crippen molar-refractivity contribution in [1.29, 1.82) is 0 Å². The smallest absolute Gasteiger partial charge is 0.104 e. The number of hydrogen-bond donors (Lipinski definition) is 0. The average Bonchev–Trinajstić information content (AvgIpc) is 3.47. The SMILES string of the molecule is C1CC(C2CCC(OCC3CO3)CC2)CCC1OCC1CO1. The van der Waals surface area contributed by atoms with Crippen molar-refractivity contribution in [2.45, 2.75) is 75.8 Å². The highest BCUT2D eigenvalue weighted by Crippen LogP contribution is 2.39. The summed E-state index contributed by atoms with van der Waals surface area (Å²) in [6.45, 7) is 3.46. The van der Waals surface area contributed by atoms with Crippen molar-refractivity contribution in [2.75, 3.05) is 26.4 Å². The van der Waals surface area contributed by atoms with Gasteiger partial charge in [0.1, 0.15) is 12.2 Å². The van der Waals surface area contributed by atoms with Crippen LogP contribution in [0.25, 0.3) is 0 Å². The van der Waals surface area contributed by atoms with E-state index in [4.69, 9.17) is 18.9 Å². The highest BCUT2D eigenvalue weighted by molar-refractivity contribution is 4.83. The van der Waals surface area contributed by atoms with Gasteiger partial charge < -0.3 is 18.9 Å². The minimum absolute atomic E-state index is 0.411. The molecule has 0 aromatic heterocycles. The van der Waals surface area contributed by atoms with Crippen LogP contribution in [0.3, 0.4) is 0 Å². The van der Waals surface area contributed by atoms with Crippen molar-refractivity contribution < 1.29 is 18.9 Å². The Kier molecular flexibility index (Phi) is 5.01. The molecule has 0 radical (unpaired) electrons. The van der Waals surface area contributed by atoms with E-state index in [1.54, 1.807) is 0 Å². The molecule has 0 spiro atoms. The fourth-order valence-electron chi connectivity index (χ4n) is 4.27. The van der Waals surface area contributed by atoms with Gasteiger partial charge in [-0.15, -0.1) is 0 Å². The van der Waals surface area contributed by atoms with Crippen molar-refractivity contribution in [2.24, 2.45) is 11.8 Å². The van der Waals surface area contributed by atoms with Gasteiger partial charge in [0.05, 0.1) is 38.6 Å². The Morgan fingerprint density at radius 2 is 0.955 bits per heavy atom. The van der Waals surface area contributed by atoms with Gasteiger partial charge in [0.25, 0.3) is 0 Å². The second kappa shape index (κ2) is 7.16. The molecule has 2 heterocycles. The molecule has 4 nitrogen and oxygen atoms in total. The third kappa shape index (κ3) is 4.44. The van der Waals surface area contributed by atoms with E-state index in [9.17, 15) is 0 Å². The fraction of sp³-hybridized carbons (Fsp3) is 1.00. The van der Waals surface area contributed by atoms with E-state index in [1.807, 2.05) is 0 Å². The van der Waals surface area contributed by atoms with E-state index in [1.165, 1.54) is 51.4 Å². The quantitative estimate of drug-likeness (QED) is 0.678. The van der Waals surface area contributed by atoms with Crippen LogP contribution < -0.4 is 0 Å². The van der Waals surface area contributed by atoms with E-state index in [0.717, 1.165) is 38.3 Å². The first-order valence-corrected chi connectivity index (χ1v) is 9.33. The first kappa shape index (κ1) is 15.4. The largest absolute Gasteiger partial charge is 0.375 e. The van der Waals surface area contributed by atoms with Gasteiger partial charge >= 0.3 is 0 Å². The van der Waals surface area contributed by atoms with Crippen molar-refractivity contribution in [3.8, 4) is 0 Å². The van der Waals surface area contributed by atoms with E-state index in [-0.39, 0.29) is 0 Å². The van der Waals surface area contributed by atoms with Crippen LogP contribution >= 0.6 is 0 Å². The number of epoxide rings is 2. The molecule has 126 valence electrons. The molecule has 0 N–H and O–H groups in total. The molecule has 4 heteroatoms. The average molecular weight is 310 g/mol. The zero-order valence-electron chi connectivity index (χ0n) is 13.6. The van der Waals surface area contributed by atoms with Crippen LogP contribution in [-0.4, -0.2) is 50.8 Å². The molecule has 2 saturated carbocycles. The molecule has 2 unspecified atom stereocenters. The molecule has 22 heavy (non-hydrogen) atoms. The molecule has 2 aliphatic heterocycles. The standard InChI is InChI=1S/C18H30O4/c1-5-15(19-9-17-11-21-17)6-2-13(1)14-3-7-16(8-4-14)20-10-18-12-22-18/h13-18H,1-12H2. The highest BCUT2D eigenvalue weighted by Gasteiger charge is 2.33. The number of hydrogen-bond acceptors (Lipinski definition) is 4. The summed E-state index contributed by atoms with van der Waals surface area (Å²) in [5, 5.41) is 0. The van der Waals surface area contributed by atoms with Crippen LogP contribution in [-0.2, 0) is 18.9 Å². The molecule has 4 aliphatic rings. The first-order valence-electron chi connectivity index (χ1n) is 9.33. The lowest BCUT2D eigenvalue weighted by Gasteiger charge is -2.37. The predicted molar refractivity (Wildman–Crippen MR) is 82.9 cm³/mol. The van der Waals surface area contributed by atoms with Crippen LogP contribution in [0.4, 0.5) is 0 Å². The van der Waals surface area contributed by atoms with Gasteiger partial charge in [0.2, 0.25) is 0 Å². The van der Waals surface area contributed by atoms with Gasteiger partial charge in [-0.05, 0) is 63.2 Å². The summed E-state index contributed by atoms with van der Waals surface area (Å²) in [7, 11) is 0. The second-order valence-corrected chi connectivity index (χ2v) is 7.65. The predicted octanol–water partition coefficient (Wildman–Crippen LogP) is 2.93. The second-order valence-electron chi connectivity index (χ2n) is 7.65. The zero-order chi connectivity index (χ0) is 14.8. The van der Waals surface area contributed by atoms with Gasteiger partial charge in [-0.1, -0.05) is 0 Å². The highest BCUT2D eigenvalue weighted by atomic mass is 16.6. The maximum Gasteiger partial charge on any atom is 0.104 e. The Hall–Kier alpha value is -0.160. The van der Waals surface area contributed by atoms with Crippen molar-refractivity contribution in [3.05, 3.63) is 0 Å². The van der Waals surface area contributed by atoms with Crippen molar-refractivity contribution in [1.82, 2.24) is 0 Å². The summed E-state index contributed by atoms with van der Waals surface area (Å²) < 4.78 is 22.4. The molecule has 0 amide bonds. The van der Waals surface area contributed by atoms with E-state index < -0.39 is 0 Å². The lowest BCUT2D eigenvalue weighted by molar-refractivity contribution is -0.0162. The summed E-state index contributed by atoms with van der Waals surface area (Å²) in [5.41, 5.74) is 0. The summed E-state index contributed by atoms with van der Waals surface area (Å²) >= 11 is 0. The van der Waals surface area contributed by atoms with Gasteiger partial charge in [-0.25, -0.2) is 0 Å². The van der Waals surface area contributed by atoms with Gasteiger partial charge in [0, 0.05) is 0 Å². The lowest BCUT2D eigenvalue weighted by atomic mass is 9.72. The summed E-state index contributed by atoms with van der Waals surface area (Å²) in [5.74, 6) is 1.87. The topological polar surface area (TPSA) is 43.5 Å². The number of rotatable bonds is 7. The minimum atomic E-state index is 0.411. The van der Waals surface area contributed by atoms with Crippen LogP contribution in [0, 0.1) is 11.8 Å². The molecule has 0 bridgehead atoms. The summed E-state index contributed by atoms with van der Waals surface area (Å²) in [4.78, 5) is 0. The third-order valence-corrected chi connectivity index (χ3v) is 5.94.